The smallest absolute Gasteiger partial charge is 0.314 e. The van der Waals surface area contributed by atoms with Crippen LogP contribution in [0.4, 0.5) is 24.5 Å². The molecule has 0 aliphatic heterocycles. The van der Waals surface area contributed by atoms with Crippen molar-refractivity contribution in [3.63, 3.8) is 0 Å². The predicted molar refractivity (Wildman–Crippen MR) is 87.2 cm³/mol. The van der Waals surface area contributed by atoms with Crippen molar-refractivity contribution in [2.75, 3.05) is 11.9 Å². The van der Waals surface area contributed by atoms with Gasteiger partial charge in [-0.25, -0.2) is 0 Å². The molecule has 0 aliphatic carbocycles. The molecule has 26 heavy (non-hydrogen) atoms. The van der Waals surface area contributed by atoms with Crippen molar-refractivity contribution in [2.24, 2.45) is 0 Å². The Balaban J connectivity index is 2.27. The fraction of sp³-hybridized carbons (Fsp3) is 0.200. The van der Waals surface area contributed by atoms with E-state index in [0.29, 0.717) is 16.8 Å². The number of nitro benzene ring substituents is 1. The molecule has 11 heteroatoms. The molecule has 0 atom stereocenters. The van der Waals surface area contributed by atoms with Gasteiger partial charge in [0.15, 0.2) is 0 Å². The van der Waals surface area contributed by atoms with Crippen molar-refractivity contribution < 1.29 is 22.9 Å². The van der Waals surface area contributed by atoms with Crippen LogP contribution < -0.4 is 10.5 Å². The lowest BCUT2D eigenvalue weighted by atomic mass is 10.2. The Morgan fingerprint density at radius 1 is 1.31 bits per heavy atom. The van der Waals surface area contributed by atoms with Crippen molar-refractivity contribution in [2.45, 2.75) is 12.7 Å². The molecule has 0 radical (unpaired) electrons. The summed E-state index contributed by atoms with van der Waals surface area (Å²) in [5, 5.41) is 9.96. The van der Waals surface area contributed by atoms with Gasteiger partial charge in [-0.15, -0.1) is 0 Å². The summed E-state index contributed by atoms with van der Waals surface area (Å²) < 4.78 is 39.0. The predicted octanol–water partition coefficient (Wildman–Crippen LogP) is 3.09. The first kappa shape index (κ1) is 19.4. The number of rotatable bonds is 4. The zero-order chi connectivity index (χ0) is 19.6. The van der Waals surface area contributed by atoms with E-state index >= 15 is 0 Å². The van der Waals surface area contributed by atoms with Crippen LogP contribution in [-0.2, 0) is 17.5 Å². The molecule has 0 spiro atoms. The van der Waals surface area contributed by atoms with E-state index in [1.807, 2.05) is 0 Å². The minimum Gasteiger partial charge on any atom is -0.314 e. The molecule has 1 aromatic heterocycles. The van der Waals surface area contributed by atoms with Gasteiger partial charge in [-0.2, -0.15) is 13.2 Å². The third kappa shape index (κ3) is 4.20. The number of alkyl halides is 3. The van der Waals surface area contributed by atoms with Crippen LogP contribution >= 0.6 is 11.6 Å². The lowest BCUT2D eigenvalue weighted by Gasteiger charge is -2.18. The lowest BCUT2D eigenvalue weighted by Crippen LogP contribution is -2.34. The van der Waals surface area contributed by atoms with E-state index in [0.717, 1.165) is 4.90 Å². The first-order chi connectivity index (χ1) is 12.0. The van der Waals surface area contributed by atoms with Gasteiger partial charge in [0.2, 0.25) is 5.91 Å². The van der Waals surface area contributed by atoms with E-state index in [1.54, 1.807) is 0 Å². The lowest BCUT2D eigenvalue weighted by molar-refractivity contribution is -0.384. The normalized spacial score (nSPS) is 11.3. The van der Waals surface area contributed by atoms with Gasteiger partial charge in [0.05, 0.1) is 10.5 Å². The van der Waals surface area contributed by atoms with Crippen molar-refractivity contribution >= 4 is 28.9 Å². The maximum absolute atomic E-state index is 12.8. The Bertz CT molecular complexity index is 910. The summed E-state index contributed by atoms with van der Waals surface area (Å²) >= 11 is 5.53. The third-order valence-electron chi connectivity index (χ3n) is 3.50. The minimum absolute atomic E-state index is 0.185. The number of non-ortho nitro benzene ring substituents is 1. The van der Waals surface area contributed by atoms with E-state index in [-0.39, 0.29) is 11.4 Å². The number of carbonyl (C=O) groups excluding carboxylic acids is 1. The van der Waals surface area contributed by atoms with Crippen molar-refractivity contribution in [1.29, 1.82) is 0 Å². The second-order valence-electron chi connectivity index (χ2n) is 5.23. The summed E-state index contributed by atoms with van der Waals surface area (Å²) in [6.45, 7) is -0.685. The molecule has 2 rings (SSSR count). The standard InChI is InChI=1S/C15H11ClF3N3O4/c1-20(10-2-4-11(5-3-10)22(25)26)13(23)8-21-7-9(15(17,18)19)6-12(16)14(21)24/h2-7H,8H2,1H3. The molecule has 0 fully saturated rings. The van der Waals surface area contributed by atoms with Crippen LogP contribution in [-0.4, -0.2) is 22.4 Å². The van der Waals surface area contributed by atoms with E-state index in [9.17, 15) is 32.9 Å². The van der Waals surface area contributed by atoms with Gasteiger partial charge in [-0.1, -0.05) is 11.6 Å². The number of likely N-dealkylation sites (N-methyl/N-ethyl adjacent to an activating group) is 1. The average molecular weight is 390 g/mol. The number of pyridine rings is 1. The summed E-state index contributed by atoms with van der Waals surface area (Å²) in [5.41, 5.74) is -2.01. The maximum Gasteiger partial charge on any atom is 0.417 e. The molecule has 1 aromatic carbocycles. The summed E-state index contributed by atoms with van der Waals surface area (Å²) in [7, 11) is 1.32. The first-order valence-electron chi connectivity index (χ1n) is 6.99. The van der Waals surface area contributed by atoms with Gasteiger partial charge in [-0.3, -0.25) is 19.7 Å². The number of nitrogens with zero attached hydrogens (tertiary/aromatic N) is 3. The molecule has 0 saturated carbocycles. The van der Waals surface area contributed by atoms with Crippen LogP contribution in [0.15, 0.2) is 41.3 Å². The Labute approximate surface area is 149 Å². The highest BCUT2D eigenvalue weighted by molar-refractivity contribution is 6.30. The molecule has 0 unspecified atom stereocenters. The second kappa shape index (κ2) is 7.16. The minimum atomic E-state index is -4.73. The largest absolute Gasteiger partial charge is 0.417 e. The molecule has 7 nitrogen and oxygen atoms in total. The number of halogens is 4. The van der Waals surface area contributed by atoms with Gasteiger partial charge in [0.1, 0.15) is 11.6 Å². The topological polar surface area (TPSA) is 85.5 Å². The second-order valence-corrected chi connectivity index (χ2v) is 5.64. The Morgan fingerprint density at radius 3 is 2.38 bits per heavy atom. The van der Waals surface area contributed by atoms with Gasteiger partial charge >= 0.3 is 6.18 Å². The maximum atomic E-state index is 12.8. The van der Waals surface area contributed by atoms with Crippen molar-refractivity contribution in [3.8, 4) is 0 Å². The highest BCUT2D eigenvalue weighted by Crippen LogP contribution is 2.29. The zero-order valence-electron chi connectivity index (χ0n) is 13.2. The molecule has 0 N–H and O–H groups in total. The van der Waals surface area contributed by atoms with Crippen LogP contribution in [0, 0.1) is 10.1 Å². The average Bonchev–Trinajstić information content (AvgIpc) is 2.57. The number of carbonyl (C=O) groups is 1. The quantitative estimate of drug-likeness (QED) is 0.594. The van der Waals surface area contributed by atoms with Gasteiger partial charge in [0, 0.05) is 31.1 Å². The molecule has 138 valence electrons. The Hall–Kier alpha value is -2.88. The Morgan fingerprint density at radius 2 is 1.88 bits per heavy atom. The number of nitro groups is 1. The summed E-state index contributed by atoms with van der Waals surface area (Å²) in [6, 6.07) is 5.44. The fourth-order valence-electron chi connectivity index (χ4n) is 2.07. The van der Waals surface area contributed by atoms with Gasteiger partial charge in [0.25, 0.3) is 11.2 Å². The molecule has 0 saturated heterocycles. The summed E-state index contributed by atoms with van der Waals surface area (Å²) in [5.74, 6) is -0.712. The van der Waals surface area contributed by atoms with E-state index < -0.39 is 39.7 Å². The third-order valence-corrected chi connectivity index (χ3v) is 3.77. The summed E-state index contributed by atoms with van der Waals surface area (Å²) in [4.78, 5) is 35.2. The number of amides is 1. The van der Waals surface area contributed by atoms with Crippen molar-refractivity contribution in [1.82, 2.24) is 4.57 Å². The number of hydrogen-bond acceptors (Lipinski definition) is 4. The molecule has 0 aliphatic rings. The highest BCUT2D eigenvalue weighted by Gasteiger charge is 2.32. The van der Waals surface area contributed by atoms with Gasteiger partial charge < -0.3 is 9.47 Å². The molecule has 0 bridgehead atoms. The fourth-order valence-corrected chi connectivity index (χ4v) is 2.29. The first-order valence-corrected chi connectivity index (χ1v) is 7.36. The molecular formula is C15H11ClF3N3O4. The van der Waals surface area contributed by atoms with Crippen LogP contribution in [0.1, 0.15) is 5.56 Å². The number of hydrogen-bond donors (Lipinski definition) is 0. The number of benzene rings is 1. The number of aromatic nitrogens is 1. The molecule has 1 amide bonds. The van der Waals surface area contributed by atoms with Gasteiger partial charge in [-0.05, 0) is 18.2 Å². The number of anilines is 1. The monoisotopic (exact) mass is 389 g/mol. The Kier molecular flexibility index (Phi) is 5.36. The van der Waals surface area contributed by atoms with Crippen LogP contribution in [0.5, 0.6) is 0 Å². The molecule has 2 aromatic rings. The molecular weight excluding hydrogens is 379 g/mol. The SMILES string of the molecule is CN(C(=O)Cn1cc(C(F)(F)F)cc(Cl)c1=O)c1ccc([N+](=O)[O-])cc1. The van der Waals surface area contributed by atoms with Crippen LogP contribution in [0.2, 0.25) is 5.02 Å². The van der Waals surface area contributed by atoms with E-state index in [2.05, 4.69) is 0 Å². The zero-order valence-corrected chi connectivity index (χ0v) is 13.9. The van der Waals surface area contributed by atoms with Crippen molar-refractivity contribution in [3.05, 3.63) is 67.6 Å². The van der Waals surface area contributed by atoms with Crippen LogP contribution in [0.25, 0.3) is 0 Å². The van der Waals surface area contributed by atoms with Crippen LogP contribution in [0.3, 0.4) is 0 Å². The molecule has 1 heterocycles. The van der Waals surface area contributed by atoms with E-state index in [4.69, 9.17) is 11.6 Å². The van der Waals surface area contributed by atoms with E-state index in [1.165, 1.54) is 31.3 Å². The highest BCUT2D eigenvalue weighted by atomic mass is 35.5. The summed E-state index contributed by atoms with van der Waals surface area (Å²) in [6.07, 6.45) is -4.22.